The predicted octanol–water partition coefficient (Wildman–Crippen LogP) is 5.37. The normalized spacial score (nSPS) is 15.3. The molecule has 1 aromatic carbocycles. The molecule has 0 amide bonds. The molecule has 0 aliphatic carbocycles. The molecule has 0 bridgehead atoms. The molecule has 0 fully saturated rings. The summed E-state index contributed by atoms with van der Waals surface area (Å²) in [4.78, 5) is 5.46. The molecular weight excluding hydrogens is 430 g/mol. The van der Waals surface area contributed by atoms with Crippen LogP contribution in [0.4, 0.5) is 18.9 Å². The number of benzene rings is 1. The summed E-state index contributed by atoms with van der Waals surface area (Å²) in [5.74, 6) is -1.70. The Kier molecular flexibility index (Phi) is 5.12. The van der Waals surface area contributed by atoms with Crippen molar-refractivity contribution in [3.05, 3.63) is 51.4 Å². The van der Waals surface area contributed by atoms with Crippen LogP contribution in [0.15, 0.2) is 28.8 Å². The van der Waals surface area contributed by atoms with Gasteiger partial charge in [-0.1, -0.05) is 28.4 Å². The minimum Gasteiger partial charge on any atom is -0.363 e. The van der Waals surface area contributed by atoms with Crippen LogP contribution in [0.3, 0.4) is 0 Å². The number of aryl methyl sites for hydroxylation is 1. The Morgan fingerprint density at radius 3 is 2.69 bits per heavy atom. The van der Waals surface area contributed by atoms with Crippen LogP contribution in [-0.4, -0.2) is 26.9 Å². The Balaban J connectivity index is 1.72. The molecule has 0 spiro atoms. The second-order valence-electron chi connectivity index (χ2n) is 6.62. The van der Waals surface area contributed by atoms with Gasteiger partial charge in [-0.25, -0.2) is 0 Å². The largest absolute Gasteiger partial charge is 0.455 e. The SMILES string of the molecule is C[C@H](c1cc(Cl)ccc1Cl)N1CCCc2nnc(-c3nc(C(F)(F)F)no3)cc21. The zero-order valence-corrected chi connectivity index (χ0v) is 16.6. The zero-order chi connectivity index (χ0) is 20.8. The molecular formula is C18H14Cl2F3N5O. The number of hydrogen-bond donors (Lipinski definition) is 0. The van der Waals surface area contributed by atoms with Crippen LogP contribution >= 0.6 is 23.2 Å². The van der Waals surface area contributed by atoms with E-state index in [0.717, 1.165) is 23.4 Å². The van der Waals surface area contributed by atoms with Gasteiger partial charge in [-0.2, -0.15) is 23.3 Å². The van der Waals surface area contributed by atoms with E-state index in [0.29, 0.717) is 23.0 Å². The average molecular weight is 444 g/mol. The minimum atomic E-state index is -4.70. The molecule has 0 unspecified atom stereocenters. The van der Waals surface area contributed by atoms with Gasteiger partial charge in [0.2, 0.25) is 0 Å². The van der Waals surface area contributed by atoms with Crippen molar-refractivity contribution in [3.8, 4) is 11.6 Å². The maximum Gasteiger partial charge on any atom is 0.455 e. The van der Waals surface area contributed by atoms with Gasteiger partial charge in [-0.15, -0.1) is 5.10 Å². The summed E-state index contributed by atoms with van der Waals surface area (Å²) in [6, 6.07) is 6.71. The molecule has 3 heterocycles. The molecule has 11 heteroatoms. The number of halogens is 5. The minimum absolute atomic E-state index is 0.0723. The van der Waals surface area contributed by atoms with Crippen LogP contribution in [0.1, 0.15) is 36.5 Å². The predicted molar refractivity (Wildman–Crippen MR) is 101 cm³/mol. The molecule has 3 aromatic rings. The van der Waals surface area contributed by atoms with Crippen LogP contribution in [0, 0.1) is 0 Å². The Labute approximate surface area is 173 Å². The molecule has 0 N–H and O–H groups in total. The molecule has 4 rings (SSSR count). The summed E-state index contributed by atoms with van der Waals surface area (Å²) in [5.41, 5.74) is 2.38. The lowest BCUT2D eigenvalue weighted by molar-refractivity contribution is -0.146. The fourth-order valence-electron chi connectivity index (χ4n) is 3.32. The Morgan fingerprint density at radius 1 is 1.17 bits per heavy atom. The van der Waals surface area contributed by atoms with E-state index in [1.807, 2.05) is 6.92 Å². The van der Waals surface area contributed by atoms with Crippen molar-refractivity contribution >= 4 is 28.9 Å². The number of alkyl halides is 3. The van der Waals surface area contributed by atoms with Crippen molar-refractivity contribution in [2.75, 3.05) is 11.4 Å². The second-order valence-corrected chi connectivity index (χ2v) is 7.46. The molecule has 6 nitrogen and oxygen atoms in total. The van der Waals surface area contributed by atoms with Gasteiger partial charge in [-0.3, -0.25) is 0 Å². The van der Waals surface area contributed by atoms with Gasteiger partial charge in [0.05, 0.1) is 17.4 Å². The molecule has 0 radical (unpaired) electrons. The molecule has 0 saturated carbocycles. The summed E-state index contributed by atoms with van der Waals surface area (Å²) in [6.45, 7) is 2.68. The molecule has 152 valence electrons. The Morgan fingerprint density at radius 2 is 1.97 bits per heavy atom. The van der Waals surface area contributed by atoms with Crippen molar-refractivity contribution in [1.82, 2.24) is 20.3 Å². The van der Waals surface area contributed by atoms with E-state index >= 15 is 0 Å². The average Bonchev–Trinajstić information content (AvgIpc) is 3.19. The highest BCUT2D eigenvalue weighted by molar-refractivity contribution is 6.33. The highest BCUT2D eigenvalue weighted by Crippen LogP contribution is 2.38. The molecule has 2 aromatic heterocycles. The second kappa shape index (κ2) is 7.46. The third-order valence-corrected chi connectivity index (χ3v) is 5.32. The van der Waals surface area contributed by atoms with E-state index in [4.69, 9.17) is 27.7 Å². The van der Waals surface area contributed by atoms with E-state index in [1.165, 1.54) is 0 Å². The van der Waals surface area contributed by atoms with Crippen LogP contribution in [0.5, 0.6) is 0 Å². The quantitative estimate of drug-likeness (QED) is 0.542. The van der Waals surface area contributed by atoms with Gasteiger partial charge in [-0.05, 0) is 49.6 Å². The monoisotopic (exact) mass is 443 g/mol. The smallest absolute Gasteiger partial charge is 0.363 e. The first-order valence-electron chi connectivity index (χ1n) is 8.73. The van der Waals surface area contributed by atoms with Crippen LogP contribution in [-0.2, 0) is 12.6 Å². The first-order valence-corrected chi connectivity index (χ1v) is 9.49. The first-order chi connectivity index (χ1) is 13.7. The maximum absolute atomic E-state index is 12.8. The van der Waals surface area contributed by atoms with E-state index in [2.05, 4.69) is 25.2 Å². The molecule has 29 heavy (non-hydrogen) atoms. The Bertz CT molecular complexity index is 1060. The van der Waals surface area contributed by atoms with Crippen molar-refractivity contribution in [2.45, 2.75) is 32.0 Å². The zero-order valence-electron chi connectivity index (χ0n) is 15.0. The van der Waals surface area contributed by atoms with Gasteiger partial charge in [0, 0.05) is 16.6 Å². The number of rotatable bonds is 3. The van der Waals surface area contributed by atoms with E-state index < -0.39 is 12.0 Å². The molecule has 1 aliphatic rings. The maximum atomic E-state index is 12.8. The van der Waals surface area contributed by atoms with Crippen LogP contribution in [0.25, 0.3) is 11.6 Å². The highest BCUT2D eigenvalue weighted by Gasteiger charge is 2.37. The van der Waals surface area contributed by atoms with Crippen LogP contribution in [0.2, 0.25) is 10.0 Å². The summed E-state index contributed by atoms with van der Waals surface area (Å²) < 4.78 is 43.0. The van der Waals surface area contributed by atoms with Gasteiger partial charge in [0.1, 0.15) is 0 Å². The van der Waals surface area contributed by atoms with Crippen LogP contribution < -0.4 is 4.90 Å². The number of nitrogens with zero attached hydrogens (tertiary/aromatic N) is 5. The summed E-state index contributed by atoms with van der Waals surface area (Å²) >= 11 is 12.5. The fourth-order valence-corrected chi connectivity index (χ4v) is 3.78. The van der Waals surface area contributed by atoms with Crippen molar-refractivity contribution in [3.63, 3.8) is 0 Å². The highest BCUT2D eigenvalue weighted by atomic mass is 35.5. The van der Waals surface area contributed by atoms with Crippen molar-refractivity contribution in [1.29, 1.82) is 0 Å². The third-order valence-electron chi connectivity index (χ3n) is 4.74. The lowest BCUT2D eigenvalue weighted by Gasteiger charge is -2.36. The van der Waals surface area contributed by atoms with Crippen molar-refractivity contribution in [2.24, 2.45) is 0 Å². The van der Waals surface area contributed by atoms with E-state index in [-0.39, 0.29) is 17.6 Å². The lowest BCUT2D eigenvalue weighted by atomic mass is 10.0. The number of anilines is 1. The number of hydrogen-bond acceptors (Lipinski definition) is 6. The topological polar surface area (TPSA) is 67.9 Å². The van der Waals surface area contributed by atoms with E-state index in [1.54, 1.807) is 24.3 Å². The van der Waals surface area contributed by atoms with Gasteiger partial charge >= 0.3 is 6.18 Å². The first kappa shape index (κ1) is 19.9. The van der Waals surface area contributed by atoms with Gasteiger partial charge in [0.15, 0.2) is 5.69 Å². The molecule has 1 atom stereocenters. The fraction of sp³-hybridized carbons (Fsp3) is 0.333. The third kappa shape index (κ3) is 3.89. The Hall–Kier alpha value is -2.39. The van der Waals surface area contributed by atoms with Gasteiger partial charge < -0.3 is 9.42 Å². The van der Waals surface area contributed by atoms with Gasteiger partial charge in [0.25, 0.3) is 11.7 Å². The summed E-state index contributed by atoms with van der Waals surface area (Å²) in [7, 11) is 0. The van der Waals surface area contributed by atoms with Crippen molar-refractivity contribution < 1.29 is 17.7 Å². The molecule has 0 saturated heterocycles. The standard InChI is InChI=1S/C18H14Cl2F3N5O/c1-9(11-7-10(19)4-5-12(11)20)28-6-2-3-13-15(28)8-14(26-25-13)16-24-17(27-29-16)18(21,22)23/h4-5,7-9H,2-3,6H2,1H3/t9-/m1/s1. The van der Waals surface area contributed by atoms with E-state index in [9.17, 15) is 13.2 Å². The number of aromatic nitrogens is 4. The number of fused-ring (bicyclic) bond motifs is 1. The summed E-state index contributed by atoms with van der Waals surface area (Å²) in [6.07, 6.45) is -3.15. The molecule has 1 aliphatic heterocycles. The lowest BCUT2D eigenvalue weighted by Crippen LogP contribution is -2.33. The summed E-state index contributed by atoms with van der Waals surface area (Å²) in [5, 5.41) is 12.3.